The number of phosphoric ester groups is 1. The Morgan fingerprint density at radius 3 is 2.94 bits per heavy atom. The van der Waals surface area contributed by atoms with Crippen molar-refractivity contribution < 1.29 is 41.9 Å². The van der Waals surface area contributed by atoms with Crippen molar-refractivity contribution in [3.05, 3.63) is 54.0 Å². The first-order valence-corrected chi connectivity index (χ1v) is 12.2. The van der Waals surface area contributed by atoms with Crippen molar-refractivity contribution in [2.75, 3.05) is 18.9 Å². The van der Waals surface area contributed by atoms with Gasteiger partial charge in [0.05, 0.1) is 24.7 Å². The molecule has 6 atom stereocenters. The van der Waals surface area contributed by atoms with Gasteiger partial charge < -0.3 is 25.3 Å². The Hall–Kier alpha value is -2.51. The van der Waals surface area contributed by atoms with Crippen LogP contribution in [0.25, 0.3) is 11.0 Å². The van der Waals surface area contributed by atoms with Gasteiger partial charge in [-0.3, -0.25) is 13.6 Å². The van der Waals surface area contributed by atoms with Gasteiger partial charge in [-0.05, 0) is 31.2 Å². The van der Waals surface area contributed by atoms with Crippen LogP contribution < -0.4 is 5.73 Å². The molecule has 2 aliphatic heterocycles. The molecule has 2 saturated heterocycles. The van der Waals surface area contributed by atoms with Crippen molar-refractivity contribution >= 4 is 24.7 Å². The minimum atomic E-state index is -4.22. The van der Waals surface area contributed by atoms with Gasteiger partial charge in [-0.1, -0.05) is 0 Å². The molecule has 0 radical (unpaired) electrons. The molecule has 2 fully saturated rings. The number of nitrogens with two attached hydrogens (primary N) is 1. The molecule has 35 heavy (non-hydrogen) atoms. The van der Waals surface area contributed by atoms with E-state index in [4.69, 9.17) is 24.0 Å². The second kappa shape index (κ2) is 8.86. The van der Waals surface area contributed by atoms with E-state index in [-0.39, 0.29) is 24.4 Å². The third-order valence-corrected chi connectivity index (χ3v) is 7.61. The maximum atomic E-state index is 14.2. The van der Waals surface area contributed by atoms with E-state index in [1.54, 1.807) is 12.3 Å². The Morgan fingerprint density at radius 1 is 1.34 bits per heavy atom. The number of hydrogen-bond acceptors (Lipinski definition) is 10. The molecule has 5 rings (SSSR count). The molecule has 0 aliphatic carbocycles. The molecule has 2 aliphatic rings. The maximum Gasteiger partial charge on any atom is 0.475 e. The molecule has 0 saturated carbocycles. The molecule has 1 aromatic carbocycles. The summed E-state index contributed by atoms with van der Waals surface area (Å²) in [7, 11) is -4.22. The van der Waals surface area contributed by atoms with E-state index in [1.807, 2.05) is 0 Å². The highest BCUT2D eigenvalue weighted by atomic mass is 31.2. The van der Waals surface area contributed by atoms with E-state index in [9.17, 15) is 23.6 Å². The average molecular weight is 512 g/mol. The summed E-state index contributed by atoms with van der Waals surface area (Å²) in [6.07, 6.45) is -1.80. The Kier molecular flexibility index (Phi) is 6.12. The van der Waals surface area contributed by atoms with Gasteiger partial charge in [-0.25, -0.2) is 23.3 Å². The predicted octanol–water partition coefficient (Wildman–Crippen LogP) is 2.60. The number of halogens is 2. The van der Waals surface area contributed by atoms with Gasteiger partial charge in [-0.15, -0.1) is 0 Å². The lowest BCUT2D eigenvalue weighted by atomic mass is 9.96. The molecule has 0 unspecified atom stereocenters. The number of hydrogen-bond donors (Lipinski definition) is 3. The highest BCUT2D eigenvalue weighted by Crippen LogP contribution is 2.57. The first kappa shape index (κ1) is 24.2. The Bertz CT molecular complexity index is 1310. The summed E-state index contributed by atoms with van der Waals surface area (Å²) in [6.45, 7) is 0.791. The van der Waals surface area contributed by atoms with E-state index in [0.29, 0.717) is 11.0 Å². The number of aliphatic hydroxyl groups is 2. The first-order valence-electron chi connectivity index (χ1n) is 10.7. The molecule has 3 aromatic rings. The zero-order valence-electron chi connectivity index (χ0n) is 18.5. The molecule has 0 bridgehead atoms. The van der Waals surface area contributed by atoms with Crippen LogP contribution in [-0.2, 0) is 22.9 Å². The second-order valence-electron chi connectivity index (χ2n) is 8.54. The molecule has 4 N–H and O–H groups in total. The zero-order chi connectivity index (χ0) is 25.0. The molecular formula is C21H23F2N4O7P. The smallest absolute Gasteiger partial charge is 0.387 e. The fraction of sp³-hybridized carbons (Fsp3) is 0.429. The first-order chi connectivity index (χ1) is 16.6. The van der Waals surface area contributed by atoms with Crippen LogP contribution in [0, 0.1) is 11.6 Å². The second-order valence-corrected chi connectivity index (χ2v) is 10.2. The topological polar surface area (TPSA) is 151 Å². The number of rotatable bonds is 5. The van der Waals surface area contributed by atoms with Crippen LogP contribution >= 0.6 is 7.82 Å². The van der Waals surface area contributed by atoms with Crippen LogP contribution in [0.3, 0.4) is 0 Å². The summed E-state index contributed by atoms with van der Waals surface area (Å²) in [6, 6.07) is 4.51. The molecule has 188 valence electrons. The number of benzene rings is 1. The summed E-state index contributed by atoms with van der Waals surface area (Å²) in [5.41, 5.74) is 4.33. The highest BCUT2D eigenvalue weighted by Gasteiger charge is 2.54. The largest absolute Gasteiger partial charge is 0.475 e. The Labute approximate surface area is 198 Å². The molecule has 0 spiro atoms. The van der Waals surface area contributed by atoms with Crippen molar-refractivity contribution in [2.45, 2.75) is 43.5 Å². The molecule has 4 heterocycles. The van der Waals surface area contributed by atoms with Crippen LogP contribution in [0.5, 0.6) is 0 Å². The summed E-state index contributed by atoms with van der Waals surface area (Å²) in [5, 5.41) is 22.3. The van der Waals surface area contributed by atoms with Gasteiger partial charge in [0, 0.05) is 18.2 Å². The fourth-order valence-corrected chi connectivity index (χ4v) is 5.66. The number of aliphatic hydroxyl groups excluding tert-OH is 1. The van der Waals surface area contributed by atoms with E-state index in [1.165, 1.54) is 17.8 Å². The lowest BCUT2D eigenvalue weighted by molar-refractivity contribution is -0.0951. The number of nitrogens with zero attached hydrogens (tertiary/aromatic N) is 3. The number of anilines is 1. The van der Waals surface area contributed by atoms with E-state index < -0.39 is 56.2 Å². The van der Waals surface area contributed by atoms with E-state index in [2.05, 4.69) is 9.97 Å². The van der Waals surface area contributed by atoms with E-state index in [0.717, 1.165) is 18.2 Å². The number of ether oxygens (including phenoxy) is 1. The summed E-state index contributed by atoms with van der Waals surface area (Å²) < 4.78 is 64.1. The lowest BCUT2D eigenvalue weighted by Gasteiger charge is -2.30. The summed E-state index contributed by atoms with van der Waals surface area (Å²) >= 11 is 0. The van der Waals surface area contributed by atoms with Crippen LogP contribution in [0.2, 0.25) is 0 Å². The molecule has 2 aromatic heterocycles. The fourth-order valence-electron chi connectivity index (χ4n) is 4.27. The van der Waals surface area contributed by atoms with Gasteiger partial charge in [-0.2, -0.15) is 0 Å². The third-order valence-electron chi connectivity index (χ3n) is 6.13. The van der Waals surface area contributed by atoms with Crippen LogP contribution in [0.15, 0.2) is 36.8 Å². The minimum Gasteiger partial charge on any atom is -0.387 e. The average Bonchev–Trinajstić information content (AvgIpc) is 3.34. The third kappa shape index (κ3) is 4.33. The Morgan fingerprint density at radius 2 is 2.14 bits per heavy atom. The van der Waals surface area contributed by atoms with Crippen LogP contribution in [0.1, 0.15) is 31.2 Å². The lowest BCUT2D eigenvalue weighted by Crippen LogP contribution is -2.44. The quantitative estimate of drug-likeness (QED) is 0.435. The van der Waals surface area contributed by atoms with Crippen LogP contribution in [-0.4, -0.2) is 55.8 Å². The standard InChI is InChI=1S/C21H23F2N4O7P/c1-21(29)17(28)16(33-20(21)27-6-4-12-18(24)25-10-26-19(12)27)9-32-35(30)31-7-5-15(34-35)13-8-11(22)2-3-14(13)23/h2-4,6,8,10,15-17,20,28-29H,5,7,9H2,1H3,(H2,24,25,26)/t15-,16+,17+,20+,21+,35+/m0/s1. The van der Waals surface area contributed by atoms with Gasteiger partial charge >= 0.3 is 7.82 Å². The summed E-state index contributed by atoms with van der Waals surface area (Å²) in [4.78, 5) is 8.09. The van der Waals surface area contributed by atoms with Gasteiger partial charge in [0.25, 0.3) is 0 Å². The SMILES string of the molecule is C[C@@]1(O)[C@H](O)[C@@H](CO[P@@]2(=O)OCC[C@@H](c3cc(F)ccc3F)O2)O[C@H]1n1ccc2c(N)ncnc21. The van der Waals surface area contributed by atoms with Crippen molar-refractivity contribution in [1.82, 2.24) is 14.5 Å². The zero-order valence-corrected chi connectivity index (χ0v) is 19.3. The highest BCUT2D eigenvalue weighted by molar-refractivity contribution is 7.48. The molecule has 11 nitrogen and oxygen atoms in total. The number of phosphoric acid groups is 1. The van der Waals surface area contributed by atoms with Crippen molar-refractivity contribution in [3.8, 4) is 0 Å². The predicted molar refractivity (Wildman–Crippen MR) is 117 cm³/mol. The molecule has 0 amide bonds. The van der Waals surface area contributed by atoms with Crippen molar-refractivity contribution in [2.24, 2.45) is 0 Å². The minimum absolute atomic E-state index is 0.0944. The number of aromatic nitrogens is 3. The van der Waals surface area contributed by atoms with Gasteiger partial charge in [0.2, 0.25) is 0 Å². The molecular weight excluding hydrogens is 489 g/mol. The van der Waals surface area contributed by atoms with Crippen molar-refractivity contribution in [1.29, 1.82) is 0 Å². The van der Waals surface area contributed by atoms with E-state index >= 15 is 0 Å². The number of nitrogen functional groups attached to an aromatic ring is 1. The Balaban J connectivity index is 1.32. The van der Waals surface area contributed by atoms with Gasteiger partial charge in [0.1, 0.15) is 47.2 Å². The normalized spacial score (nSPS) is 33.4. The maximum absolute atomic E-state index is 14.2. The summed E-state index contributed by atoms with van der Waals surface area (Å²) in [5.74, 6) is -1.16. The monoisotopic (exact) mass is 512 g/mol. The number of fused-ring (bicyclic) bond motifs is 1. The van der Waals surface area contributed by atoms with Crippen LogP contribution in [0.4, 0.5) is 14.6 Å². The van der Waals surface area contributed by atoms with Gasteiger partial charge in [0.15, 0.2) is 6.23 Å². The molecule has 14 heteroatoms. The van der Waals surface area contributed by atoms with Crippen molar-refractivity contribution in [3.63, 3.8) is 0 Å².